The highest BCUT2D eigenvalue weighted by Crippen LogP contribution is 2.17. The van der Waals surface area contributed by atoms with E-state index in [1.54, 1.807) is 31.2 Å². The number of rotatable bonds is 2. The Morgan fingerprint density at radius 3 is 2.50 bits per heavy atom. The summed E-state index contributed by atoms with van der Waals surface area (Å²) in [7, 11) is 0. The molecule has 0 bridgehead atoms. The number of phenolic OH excluding ortho intramolecular Hbond substituents is 1. The van der Waals surface area contributed by atoms with Gasteiger partial charge in [0.05, 0.1) is 0 Å². The fraction of sp³-hybridized carbons (Fsp3) is 0.111. The number of aromatic nitrogens is 2. The molecule has 0 radical (unpaired) electrons. The van der Waals surface area contributed by atoms with Crippen molar-refractivity contribution in [2.75, 3.05) is 5.32 Å². The van der Waals surface area contributed by atoms with E-state index in [0.29, 0.717) is 11.9 Å². The van der Waals surface area contributed by atoms with E-state index < -0.39 is 0 Å². The number of benzene rings is 1. The molecule has 0 fully saturated rings. The van der Waals surface area contributed by atoms with Gasteiger partial charge in [-0.05, 0) is 24.3 Å². The van der Waals surface area contributed by atoms with Gasteiger partial charge in [-0.25, -0.2) is 0 Å². The second-order valence-electron chi connectivity index (χ2n) is 2.80. The minimum absolute atomic E-state index is 0.220. The molecule has 2 N–H and O–H groups in total. The van der Waals surface area contributed by atoms with Gasteiger partial charge in [-0.1, -0.05) is 5.10 Å². The fourth-order valence-electron chi connectivity index (χ4n) is 1.02. The highest BCUT2D eigenvalue weighted by Gasteiger charge is 2.01. The monoisotopic (exact) mass is 191 g/mol. The molecule has 0 amide bonds. The smallest absolute Gasteiger partial charge is 0.320 e. The second-order valence-corrected chi connectivity index (χ2v) is 2.80. The normalized spacial score (nSPS) is 10.1. The molecule has 1 aromatic heterocycles. The van der Waals surface area contributed by atoms with Crippen LogP contribution in [0.4, 0.5) is 11.7 Å². The van der Waals surface area contributed by atoms with Crippen molar-refractivity contribution < 1.29 is 9.52 Å². The Kier molecular flexibility index (Phi) is 2.06. The van der Waals surface area contributed by atoms with Gasteiger partial charge in [0.1, 0.15) is 5.75 Å². The van der Waals surface area contributed by atoms with Crippen molar-refractivity contribution >= 4 is 11.7 Å². The first-order chi connectivity index (χ1) is 6.74. The summed E-state index contributed by atoms with van der Waals surface area (Å²) in [5, 5.41) is 19.4. The van der Waals surface area contributed by atoms with Gasteiger partial charge >= 0.3 is 6.01 Å². The fourth-order valence-corrected chi connectivity index (χ4v) is 1.02. The van der Waals surface area contributed by atoms with Gasteiger partial charge in [0.25, 0.3) is 0 Å². The molecule has 2 rings (SSSR count). The number of aromatic hydroxyl groups is 1. The maximum Gasteiger partial charge on any atom is 0.320 e. The predicted octanol–water partition coefficient (Wildman–Crippen LogP) is 1.83. The number of phenols is 1. The summed E-state index contributed by atoms with van der Waals surface area (Å²) in [4.78, 5) is 0. The number of hydrogen-bond donors (Lipinski definition) is 2. The number of aryl methyl sites for hydroxylation is 1. The Bertz CT molecular complexity index is 422. The van der Waals surface area contributed by atoms with Crippen molar-refractivity contribution in [3.05, 3.63) is 30.2 Å². The predicted molar refractivity (Wildman–Crippen MR) is 50.4 cm³/mol. The van der Waals surface area contributed by atoms with Gasteiger partial charge in [-0.3, -0.25) is 0 Å². The molecule has 1 heterocycles. The summed E-state index contributed by atoms with van der Waals surface area (Å²) < 4.78 is 5.12. The van der Waals surface area contributed by atoms with Gasteiger partial charge < -0.3 is 14.8 Å². The molecule has 0 saturated carbocycles. The minimum Gasteiger partial charge on any atom is -0.508 e. The Balaban J connectivity index is 2.15. The zero-order valence-corrected chi connectivity index (χ0v) is 7.56. The Labute approximate surface area is 80.4 Å². The molecule has 2 aromatic rings. The van der Waals surface area contributed by atoms with Crippen LogP contribution in [0, 0.1) is 6.92 Å². The summed E-state index contributed by atoms with van der Waals surface area (Å²) >= 11 is 0. The maximum atomic E-state index is 9.05. The first-order valence-electron chi connectivity index (χ1n) is 4.10. The van der Waals surface area contributed by atoms with Crippen LogP contribution in [-0.4, -0.2) is 15.3 Å². The quantitative estimate of drug-likeness (QED) is 0.708. The lowest BCUT2D eigenvalue weighted by molar-refractivity contribution is 0.475. The number of hydrogen-bond acceptors (Lipinski definition) is 5. The molecule has 0 atom stereocenters. The van der Waals surface area contributed by atoms with Crippen LogP contribution >= 0.6 is 0 Å². The van der Waals surface area contributed by atoms with E-state index in [0.717, 1.165) is 5.69 Å². The van der Waals surface area contributed by atoms with E-state index in [-0.39, 0.29) is 5.75 Å². The molecule has 72 valence electrons. The summed E-state index contributed by atoms with van der Waals surface area (Å²) in [6.07, 6.45) is 0. The van der Waals surface area contributed by atoms with E-state index in [2.05, 4.69) is 15.5 Å². The molecule has 0 aliphatic carbocycles. The van der Waals surface area contributed by atoms with Crippen LogP contribution in [0.5, 0.6) is 5.75 Å². The lowest BCUT2D eigenvalue weighted by atomic mass is 10.3. The summed E-state index contributed by atoms with van der Waals surface area (Å²) in [6.45, 7) is 1.72. The average molecular weight is 191 g/mol. The van der Waals surface area contributed by atoms with E-state index in [4.69, 9.17) is 9.52 Å². The van der Waals surface area contributed by atoms with Crippen molar-refractivity contribution in [1.82, 2.24) is 10.2 Å². The van der Waals surface area contributed by atoms with E-state index in [1.165, 1.54) is 0 Å². The molecular weight excluding hydrogens is 182 g/mol. The van der Waals surface area contributed by atoms with Gasteiger partial charge in [-0.15, -0.1) is 5.10 Å². The number of nitrogens with zero attached hydrogens (tertiary/aromatic N) is 2. The molecule has 0 aliphatic heterocycles. The minimum atomic E-state index is 0.220. The molecule has 5 nitrogen and oxygen atoms in total. The molecule has 0 spiro atoms. The molecule has 0 unspecified atom stereocenters. The Hall–Kier alpha value is -2.04. The summed E-state index contributed by atoms with van der Waals surface area (Å²) in [5.74, 6) is 0.725. The largest absolute Gasteiger partial charge is 0.508 e. The van der Waals surface area contributed by atoms with Gasteiger partial charge in [-0.2, -0.15) is 0 Å². The molecule has 0 aliphatic rings. The van der Waals surface area contributed by atoms with Gasteiger partial charge in [0.2, 0.25) is 5.89 Å². The zero-order valence-electron chi connectivity index (χ0n) is 7.56. The van der Waals surface area contributed by atoms with Crippen LogP contribution in [0.3, 0.4) is 0 Å². The Morgan fingerprint density at radius 2 is 1.93 bits per heavy atom. The van der Waals surface area contributed by atoms with E-state index in [1.807, 2.05) is 0 Å². The van der Waals surface area contributed by atoms with Crippen LogP contribution < -0.4 is 5.32 Å². The van der Waals surface area contributed by atoms with Gasteiger partial charge in [0, 0.05) is 12.6 Å². The van der Waals surface area contributed by atoms with Crippen molar-refractivity contribution in [3.8, 4) is 5.75 Å². The highest BCUT2D eigenvalue weighted by atomic mass is 16.4. The van der Waals surface area contributed by atoms with E-state index in [9.17, 15) is 0 Å². The molecule has 0 saturated heterocycles. The maximum absolute atomic E-state index is 9.05. The summed E-state index contributed by atoms with van der Waals surface area (Å²) in [5.41, 5.74) is 0.784. The van der Waals surface area contributed by atoms with Crippen LogP contribution in [0.15, 0.2) is 28.7 Å². The standard InChI is InChI=1S/C9H9N3O2/c1-6-11-12-9(14-6)10-7-2-4-8(13)5-3-7/h2-5,13H,1H3,(H,10,12). The third-order valence-corrected chi connectivity index (χ3v) is 1.64. The highest BCUT2D eigenvalue weighted by molar-refractivity contribution is 5.52. The lowest BCUT2D eigenvalue weighted by Gasteiger charge is -1.99. The second kappa shape index (κ2) is 3.37. The zero-order chi connectivity index (χ0) is 9.97. The molecule has 5 heteroatoms. The van der Waals surface area contributed by atoms with Crippen molar-refractivity contribution in [3.63, 3.8) is 0 Å². The average Bonchev–Trinajstić information content (AvgIpc) is 2.56. The first kappa shape index (κ1) is 8.55. The molecule has 1 aromatic carbocycles. The topological polar surface area (TPSA) is 71.2 Å². The van der Waals surface area contributed by atoms with Crippen LogP contribution in [0.25, 0.3) is 0 Å². The van der Waals surface area contributed by atoms with Crippen LogP contribution in [0.2, 0.25) is 0 Å². The first-order valence-corrected chi connectivity index (χ1v) is 4.10. The van der Waals surface area contributed by atoms with Crippen LogP contribution in [-0.2, 0) is 0 Å². The Morgan fingerprint density at radius 1 is 1.21 bits per heavy atom. The van der Waals surface area contributed by atoms with Crippen molar-refractivity contribution in [2.45, 2.75) is 6.92 Å². The van der Waals surface area contributed by atoms with Gasteiger partial charge in [0.15, 0.2) is 0 Å². The molecule has 14 heavy (non-hydrogen) atoms. The summed E-state index contributed by atoms with van der Waals surface area (Å²) in [6, 6.07) is 6.93. The SMILES string of the molecule is Cc1nnc(Nc2ccc(O)cc2)o1. The molecular formula is C9H9N3O2. The van der Waals surface area contributed by atoms with Crippen LogP contribution in [0.1, 0.15) is 5.89 Å². The van der Waals surface area contributed by atoms with Crippen molar-refractivity contribution in [1.29, 1.82) is 0 Å². The third-order valence-electron chi connectivity index (χ3n) is 1.64. The number of anilines is 2. The van der Waals surface area contributed by atoms with Crippen molar-refractivity contribution in [2.24, 2.45) is 0 Å². The van der Waals surface area contributed by atoms with E-state index >= 15 is 0 Å². The number of nitrogens with one attached hydrogen (secondary N) is 1. The lowest BCUT2D eigenvalue weighted by Crippen LogP contribution is -1.89. The third kappa shape index (κ3) is 1.82.